The number of carbonyl (C=O) groups is 1. The molecule has 8 heteroatoms. The Hall–Kier alpha value is -1.64. The number of hydrogen-bond acceptors (Lipinski definition) is 5. The van der Waals surface area contributed by atoms with Crippen LogP contribution in [0.1, 0.15) is 20.8 Å². The summed E-state index contributed by atoms with van der Waals surface area (Å²) >= 11 is 0. The topological polar surface area (TPSA) is 79.0 Å². The fraction of sp³-hybridized carbons (Fsp3) is 0.588. The third kappa shape index (κ3) is 5.98. The Morgan fingerprint density at radius 1 is 1.12 bits per heavy atom. The maximum Gasteiger partial charge on any atom is 0.260 e. The minimum absolute atomic E-state index is 0.0456. The van der Waals surface area contributed by atoms with Crippen LogP contribution in [0, 0.1) is 0 Å². The van der Waals surface area contributed by atoms with Crippen LogP contribution in [-0.4, -0.2) is 69.5 Å². The summed E-state index contributed by atoms with van der Waals surface area (Å²) in [5.41, 5.74) is -0.553. The molecular formula is C17H27N3O4S. The van der Waals surface area contributed by atoms with Crippen molar-refractivity contribution >= 4 is 15.9 Å². The van der Waals surface area contributed by atoms with Gasteiger partial charge in [-0.25, -0.2) is 13.1 Å². The SMILES string of the molecule is CN1CCN(C(=O)COc2ccc(S(=O)(=O)NC(C)(C)C)cc2)CC1. The number of ether oxygens (including phenoxy) is 1. The van der Waals surface area contributed by atoms with Gasteiger partial charge < -0.3 is 14.5 Å². The van der Waals surface area contributed by atoms with E-state index in [-0.39, 0.29) is 17.4 Å². The van der Waals surface area contributed by atoms with Crippen LogP contribution in [0.15, 0.2) is 29.2 Å². The summed E-state index contributed by atoms with van der Waals surface area (Å²) in [6.07, 6.45) is 0. The fourth-order valence-corrected chi connectivity index (χ4v) is 3.89. The number of carbonyl (C=O) groups excluding carboxylic acids is 1. The summed E-state index contributed by atoms with van der Waals surface area (Å²) in [6, 6.07) is 6.08. The predicted molar refractivity (Wildman–Crippen MR) is 96.1 cm³/mol. The van der Waals surface area contributed by atoms with Gasteiger partial charge in [0.05, 0.1) is 4.90 Å². The molecule has 1 N–H and O–H groups in total. The monoisotopic (exact) mass is 369 g/mol. The lowest BCUT2D eigenvalue weighted by molar-refractivity contribution is -0.134. The number of hydrogen-bond donors (Lipinski definition) is 1. The molecule has 0 spiro atoms. The van der Waals surface area contributed by atoms with Crippen molar-refractivity contribution in [3.05, 3.63) is 24.3 Å². The summed E-state index contributed by atoms with van der Waals surface area (Å²) in [6.45, 7) is 8.43. The molecule has 0 aliphatic carbocycles. The van der Waals surface area contributed by atoms with Crippen LogP contribution in [0.4, 0.5) is 0 Å². The Balaban J connectivity index is 1.91. The molecule has 0 bridgehead atoms. The molecule has 0 atom stereocenters. The second-order valence-electron chi connectivity index (χ2n) is 7.30. The van der Waals surface area contributed by atoms with Gasteiger partial charge in [0.1, 0.15) is 5.75 Å². The smallest absolute Gasteiger partial charge is 0.260 e. The van der Waals surface area contributed by atoms with E-state index in [9.17, 15) is 13.2 Å². The van der Waals surface area contributed by atoms with Gasteiger partial charge >= 0.3 is 0 Å². The average molecular weight is 369 g/mol. The van der Waals surface area contributed by atoms with Gasteiger partial charge in [0.2, 0.25) is 10.0 Å². The molecule has 1 aromatic carbocycles. The molecule has 2 rings (SSSR count). The average Bonchev–Trinajstić information content (AvgIpc) is 2.51. The van der Waals surface area contributed by atoms with Crippen LogP contribution in [-0.2, 0) is 14.8 Å². The van der Waals surface area contributed by atoms with E-state index >= 15 is 0 Å². The quantitative estimate of drug-likeness (QED) is 0.835. The number of sulfonamides is 1. The van der Waals surface area contributed by atoms with Gasteiger partial charge in [-0.1, -0.05) is 0 Å². The van der Waals surface area contributed by atoms with Crippen LogP contribution >= 0.6 is 0 Å². The third-order valence-corrected chi connectivity index (χ3v) is 5.57. The standard InChI is InChI=1S/C17H27N3O4S/c1-17(2,3)18-25(22,23)15-7-5-14(6-8-15)24-13-16(21)20-11-9-19(4)10-12-20/h5-8,18H,9-13H2,1-4H3. The molecule has 1 amide bonds. The molecule has 1 aromatic rings. The first-order valence-electron chi connectivity index (χ1n) is 8.30. The van der Waals surface area contributed by atoms with Gasteiger partial charge in [0, 0.05) is 31.7 Å². The summed E-state index contributed by atoms with van der Waals surface area (Å²) in [5.74, 6) is 0.413. The molecule has 1 fully saturated rings. The molecule has 0 aromatic heterocycles. The Morgan fingerprint density at radius 2 is 1.68 bits per heavy atom. The Kier molecular flexibility index (Phi) is 6.08. The van der Waals surface area contributed by atoms with Gasteiger partial charge in [-0.05, 0) is 52.1 Å². The Morgan fingerprint density at radius 3 is 2.20 bits per heavy atom. The molecule has 1 heterocycles. The minimum Gasteiger partial charge on any atom is -0.484 e. The predicted octanol–water partition coefficient (Wildman–Crippen LogP) is 0.916. The molecule has 140 valence electrons. The number of nitrogens with one attached hydrogen (secondary N) is 1. The molecular weight excluding hydrogens is 342 g/mol. The normalized spacial score (nSPS) is 16.7. The van der Waals surface area contributed by atoms with Gasteiger partial charge in [-0.15, -0.1) is 0 Å². The van der Waals surface area contributed by atoms with Crippen molar-refractivity contribution in [3.8, 4) is 5.75 Å². The molecule has 7 nitrogen and oxygen atoms in total. The molecule has 0 radical (unpaired) electrons. The summed E-state index contributed by atoms with van der Waals surface area (Å²) in [5, 5.41) is 0. The summed E-state index contributed by atoms with van der Waals surface area (Å²) < 4.78 is 32.6. The molecule has 1 aliphatic rings. The highest BCUT2D eigenvalue weighted by atomic mass is 32.2. The van der Waals surface area contributed by atoms with E-state index in [1.54, 1.807) is 37.8 Å². The number of likely N-dealkylation sites (N-methyl/N-ethyl adjacent to an activating group) is 1. The first-order chi connectivity index (χ1) is 11.6. The minimum atomic E-state index is -3.57. The van der Waals surface area contributed by atoms with Crippen molar-refractivity contribution in [2.75, 3.05) is 39.8 Å². The van der Waals surface area contributed by atoms with Crippen LogP contribution in [0.25, 0.3) is 0 Å². The van der Waals surface area contributed by atoms with E-state index in [0.717, 1.165) is 13.1 Å². The van der Waals surface area contributed by atoms with Gasteiger partial charge in [-0.2, -0.15) is 0 Å². The van der Waals surface area contributed by atoms with E-state index in [4.69, 9.17) is 4.74 Å². The zero-order valence-corrected chi connectivity index (χ0v) is 16.1. The first-order valence-corrected chi connectivity index (χ1v) is 9.78. The van der Waals surface area contributed by atoms with Crippen molar-refractivity contribution < 1.29 is 17.9 Å². The maximum atomic E-state index is 12.2. The zero-order valence-electron chi connectivity index (χ0n) is 15.3. The molecule has 1 aliphatic heterocycles. The fourth-order valence-electron chi connectivity index (χ4n) is 2.47. The third-order valence-electron chi connectivity index (χ3n) is 3.79. The highest BCUT2D eigenvalue weighted by Gasteiger charge is 2.22. The van der Waals surface area contributed by atoms with Crippen LogP contribution < -0.4 is 9.46 Å². The van der Waals surface area contributed by atoms with Crippen LogP contribution in [0.3, 0.4) is 0 Å². The van der Waals surface area contributed by atoms with E-state index < -0.39 is 15.6 Å². The van der Waals surface area contributed by atoms with Gasteiger partial charge in [0.25, 0.3) is 5.91 Å². The first kappa shape index (κ1) is 19.7. The molecule has 0 unspecified atom stereocenters. The van der Waals surface area contributed by atoms with Crippen molar-refractivity contribution in [3.63, 3.8) is 0 Å². The van der Waals surface area contributed by atoms with Crippen LogP contribution in [0.2, 0.25) is 0 Å². The van der Waals surface area contributed by atoms with Gasteiger partial charge in [0.15, 0.2) is 6.61 Å². The number of rotatable bonds is 5. The lowest BCUT2D eigenvalue weighted by Gasteiger charge is -2.32. The maximum absolute atomic E-state index is 12.2. The highest BCUT2D eigenvalue weighted by molar-refractivity contribution is 7.89. The molecule has 0 saturated carbocycles. The Bertz CT molecular complexity index is 688. The zero-order chi connectivity index (χ0) is 18.7. The second-order valence-corrected chi connectivity index (χ2v) is 8.98. The van der Waals surface area contributed by atoms with Crippen LogP contribution in [0.5, 0.6) is 5.75 Å². The molecule has 1 saturated heterocycles. The Labute approximate surface area is 150 Å². The number of piperazine rings is 1. The summed E-state index contributed by atoms with van der Waals surface area (Å²) in [7, 11) is -1.54. The van der Waals surface area contributed by atoms with Gasteiger partial charge in [-0.3, -0.25) is 4.79 Å². The molecule has 25 heavy (non-hydrogen) atoms. The summed E-state index contributed by atoms with van der Waals surface area (Å²) in [4.78, 5) is 16.3. The van der Waals surface area contributed by atoms with Crippen molar-refractivity contribution in [2.24, 2.45) is 0 Å². The van der Waals surface area contributed by atoms with Crippen molar-refractivity contribution in [1.29, 1.82) is 0 Å². The number of amides is 1. The van der Waals surface area contributed by atoms with Crippen molar-refractivity contribution in [1.82, 2.24) is 14.5 Å². The highest BCUT2D eigenvalue weighted by Crippen LogP contribution is 2.18. The number of nitrogens with zero attached hydrogens (tertiary/aromatic N) is 2. The van der Waals surface area contributed by atoms with E-state index in [1.807, 2.05) is 7.05 Å². The van der Waals surface area contributed by atoms with Crippen molar-refractivity contribution in [2.45, 2.75) is 31.2 Å². The second kappa shape index (κ2) is 7.72. The van der Waals surface area contributed by atoms with E-state index in [1.165, 1.54) is 12.1 Å². The lowest BCUT2D eigenvalue weighted by atomic mass is 10.1. The van der Waals surface area contributed by atoms with E-state index in [2.05, 4.69) is 9.62 Å². The van der Waals surface area contributed by atoms with E-state index in [0.29, 0.717) is 18.8 Å². The number of benzene rings is 1. The largest absolute Gasteiger partial charge is 0.484 e. The lowest BCUT2D eigenvalue weighted by Crippen LogP contribution is -2.48.